The lowest BCUT2D eigenvalue weighted by atomic mass is 10.0. The Morgan fingerprint density at radius 2 is 1.86 bits per heavy atom. The van der Waals surface area contributed by atoms with Gasteiger partial charge in [-0.05, 0) is 18.4 Å². The number of anilines is 2. The minimum Gasteiger partial charge on any atom is -0.382 e. The van der Waals surface area contributed by atoms with Crippen molar-refractivity contribution in [1.29, 1.82) is 0 Å². The first-order valence-electron chi connectivity index (χ1n) is 7.40. The Balaban J connectivity index is 1.47. The van der Waals surface area contributed by atoms with Crippen LogP contribution >= 0.6 is 0 Å². The number of piperidine rings is 1. The molecular formula is C16H21N5. The molecule has 0 bridgehead atoms. The van der Waals surface area contributed by atoms with Gasteiger partial charge in [0.15, 0.2) is 0 Å². The highest BCUT2D eigenvalue weighted by molar-refractivity contribution is 5.37. The number of nitrogens with zero attached hydrogens (tertiary/aromatic N) is 3. The number of likely N-dealkylation sites (tertiary alicyclic amines) is 1. The summed E-state index contributed by atoms with van der Waals surface area (Å²) in [5.41, 5.74) is 6.93. The molecule has 110 valence electrons. The molecule has 0 unspecified atom stereocenters. The Morgan fingerprint density at radius 1 is 1.10 bits per heavy atom. The molecule has 3 N–H and O–H groups in total. The molecule has 5 nitrogen and oxygen atoms in total. The van der Waals surface area contributed by atoms with Crippen molar-refractivity contribution in [1.82, 2.24) is 14.9 Å². The van der Waals surface area contributed by atoms with E-state index in [1.54, 1.807) is 12.4 Å². The fourth-order valence-corrected chi connectivity index (χ4v) is 2.70. The molecule has 2 aromatic rings. The monoisotopic (exact) mass is 283 g/mol. The lowest BCUT2D eigenvalue weighted by Gasteiger charge is -2.32. The van der Waals surface area contributed by atoms with Crippen LogP contribution in [0.1, 0.15) is 18.4 Å². The zero-order valence-electron chi connectivity index (χ0n) is 12.1. The molecular weight excluding hydrogens is 262 g/mol. The highest BCUT2D eigenvalue weighted by Crippen LogP contribution is 2.17. The Morgan fingerprint density at radius 3 is 2.52 bits per heavy atom. The van der Waals surface area contributed by atoms with E-state index in [2.05, 4.69) is 50.5 Å². The topological polar surface area (TPSA) is 67.1 Å². The van der Waals surface area contributed by atoms with Crippen LogP contribution in [0, 0.1) is 0 Å². The first-order chi connectivity index (χ1) is 10.3. The summed E-state index contributed by atoms with van der Waals surface area (Å²) >= 11 is 0. The van der Waals surface area contributed by atoms with Crippen molar-refractivity contribution in [3.8, 4) is 0 Å². The summed E-state index contributed by atoms with van der Waals surface area (Å²) in [4.78, 5) is 10.8. The fraction of sp³-hybridized carbons (Fsp3) is 0.375. The average molecular weight is 283 g/mol. The Bertz CT molecular complexity index is 547. The van der Waals surface area contributed by atoms with Gasteiger partial charge in [0, 0.05) is 25.7 Å². The first-order valence-corrected chi connectivity index (χ1v) is 7.40. The predicted octanol–water partition coefficient (Wildman–Crippen LogP) is 2.14. The van der Waals surface area contributed by atoms with Crippen molar-refractivity contribution in [2.75, 3.05) is 24.1 Å². The fourth-order valence-electron chi connectivity index (χ4n) is 2.70. The van der Waals surface area contributed by atoms with Crippen LogP contribution in [0.5, 0.6) is 0 Å². The van der Waals surface area contributed by atoms with Gasteiger partial charge in [0.1, 0.15) is 11.6 Å². The van der Waals surface area contributed by atoms with Gasteiger partial charge in [0.25, 0.3) is 0 Å². The van der Waals surface area contributed by atoms with Crippen LogP contribution in [0.2, 0.25) is 0 Å². The maximum atomic E-state index is 5.54. The molecule has 0 spiro atoms. The molecule has 1 aliphatic rings. The Labute approximate surface area is 125 Å². The van der Waals surface area contributed by atoms with Gasteiger partial charge in [-0.15, -0.1) is 0 Å². The summed E-state index contributed by atoms with van der Waals surface area (Å²) in [6.07, 6.45) is 5.54. The van der Waals surface area contributed by atoms with Crippen molar-refractivity contribution in [2.45, 2.75) is 25.4 Å². The summed E-state index contributed by atoms with van der Waals surface area (Å²) in [6, 6.07) is 11.1. The average Bonchev–Trinajstić information content (AvgIpc) is 2.53. The van der Waals surface area contributed by atoms with Gasteiger partial charge in [-0.25, -0.2) is 9.97 Å². The Hall–Kier alpha value is -2.14. The predicted molar refractivity (Wildman–Crippen MR) is 84.8 cm³/mol. The third kappa shape index (κ3) is 3.92. The number of hydrogen-bond acceptors (Lipinski definition) is 5. The second-order valence-corrected chi connectivity index (χ2v) is 5.51. The number of benzene rings is 1. The van der Waals surface area contributed by atoms with Crippen molar-refractivity contribution < 1.29 is 0 Å². The normalized spacial score (nSPS) is 16.8. The summed E-state index contributed by atoms with van der Waals surface area (Å²) < 4.78 is 0. The second kappa shape index (κ2) is 6.54. The van der Waals surface area contributed by atoms with E-state index in [0.29, 0.717) is 11.9 Å². The van der Waals surface area contributed by atoms with Crippen LogP contribution in [-0.4, -0.2) is 34.0 Å². The third-order valence-corrected chi connectivity index (χ3v) is 3.86. The van der Waals surface area contributed by atoms with E-state index in [0.717, 1.165) is 38.3 Å². The van der Waals surface area contributed by atoms with Crippen LogP contribution in [0.4, 0.5) is 11.6 Å². The number of nitrogen functional groups attached to an aromatic ring is 1. The third-order valence-electron chi connectivity index (χ3n) is 3.86. The molecule has 0 radical (unpaired) electrons. The van der Waals surface area contributed by atoms with E-state index in [1.165, 1.54) is 5.56 Å². The summed E-state index contributed by atoms with van der Waals surface area (Å²) in [5, 5.41) is 3.44. The van der Waals surface area contributed by atoms with Crippen LogP contribution < -0.4 is 11.1 Å². The Kier molecular flexibility index (Phi) is 4.31. The molecule has 0 aliphatic carbocycles. The molecule has 3 rings (SSSR count). The van der Waals surface area contributed by atoms with Crippen LogP contribution in [-0.2, 0) is 6.54 Å². The lowest BCUT2D eigenvalue weighted by Crippen LogP contribution is -2.38. The largest absolute Gasteiger partial charge is 0.382 e. The molecule has 0 saturated carbocycles. The van der Waals surface area contributed by atoms with Gasteiger partial charge in [-0.2, -0.15) is 0 Å². The van der Waals surface area contributed by atoms with Gasteiger partial charge in [-0.3, -0.25) is 4.90 Å². The number of nitrogens with one attached hydrogen (secondary N) is 1. The molecule has 1 aromatic heterocycles. The maximum absolute atomic E-state index is 5.54. The number of hydrogen-bond donors (Lipinski definition) is 2. The van der Waals surface area contributed by atoms with E-state index < -0.39 is 0 Å². The van der Waals surface area contributed by atoms with Crippen molar-refractivity contribution in [3.63, 3.8) is 0 Å². The minimum absolute atomic E-state index is 0.457. The second-order valence-electron chi connectivity index (χ2n) is 5.51. The maximum Gasteiger partial charge on any atom is 0.144 e. The smallest absolute Gasteiger partial charge is 0.144 e. The van der Waals surface area contributed by atoms with Crippen molar-refractivity contribution >= 4 is 11.6 Å². The van der Waals surface area contributed by atoms with Gasteiger partial charge in [0.2, 0.25) is 0 Å². The zero-order chi connectivity index (χ0) is 14.5. The van der Waals surface area contributed by atoms with E-state index in [4.69, 9.17) is 5.73 Å². The highest BCUT2D eigenvalue weighted by Gasteiger charge is 2.19. The molecule has 1 aliphatic heterocycles. The van der Waals surface area contributed by atoms with E-state index >= 15 is 0 Å². The highest BCUT2D eigenvalue weighted by atomic mass is 15.1. The number of aromatic nitrogens is 2. The molecule has 1 saturated heterocycles. The number of rotatable bonds is 4. The van der Waals surface area contributed by atoms with Crippen LogP contribution in [0.25, 0.3) is 0 Å². The molecule has 5 heteroatoms. The molecule has 1 aromatic carbocycles. The standard InChI is InChI=1S/C16H21N5/c17-15-10-19-16(11-18-15)20-14-6-8-21(9-7-14)12-13-4-2-1-3-5-13/h1-5,10-11,14H,6-9,12H2,(H2,17,18)(H,19,20). The molecule has 21 heavy (non-hydrogen) atoms. The summed E-state index contributed by atoms with van der Waals surface area (Å²) in [7, 11) is 0. The van der Waals surface area contributed by atoms with E-state index in [1.807, 2.05) is 0 Å². The van der Waals surface area contributed by atoms with Gasteiger partial charge < -0.3 is 11.1 Å². The first kappa shape index (κ1) is 13.8. The lowest BCUT2D eigenvalue weighted by molar-refractivity contribution is 0.211. The zero-order valence-corrected chi connectivity index (χ0v) is 12.1. The van der Waals surface area contributed by atoms with Crippen molar-refractivity contribution in [3.05, 3.63) is 48.3 Å². The number of nitrogens with two attached hydrogens (primary N) is 1. The molecule has 0 amide bonds. The van der Waals surface area contributed by atoms with E-state index in [9.17, 15) is 0 Å². The van der Waals surface area contributed by atoms with Gasteiger partial charge >= 0.3 is 0 Å². The SMILES string of the molecule is Nc1cnc(NC2CCN(Cc3ccccc3)CC2)cn1. The summed E-state index contributed by atoms with van der Waals surface area (Å²) in [5.74, 6) is 1.27. The van der Waals surface area contributed by atoms with Crippen LogP contribution in [0.15, 0.2) is 42.7 Å². The molecule has 1 fully saturated rings. The van der Waals surface area contributed by atoms with Crippen LogP contribution in [0.3, 0.4) is 0 Å². The van der Waals surface area contributed by atoms with Gasteiger partial charge in [-0.1, -0.05) is 30.3 Å². The van der Waals surface area contributed by atoms with Gasteiger partial charge in [0.05, 0.1) is 12.4 Å². The molecule has 2 heterocycles. The quantitative estimate of drug-likeness (QED) is 0.900. The molecule has 0 atom stereocenters. The van der Waals surface area contributed by atoms with Crippen molar-refractivity contribution in [2.24, 2.45) is 0 Å². The minimum atomic E-state index is 0.457. The van der Waals surface area contributed by atoms with E-state index in [-0.39, 0.29) is 0 Å². The summed E-state index contributed by atoms with van der Waals surface area (Å²) in [6.45, 7) is 3.25.